The predicted octanol–water partition coefficient (Wildman–Crippen LogP) is 4.20. The van der Waals surface area contributed by atoms with Crippen LogP contribution in [0.1, 0.15) is 21.6 Å². The van der Waals surface area contributed by atoms with E-state index in [1.54, 1.807) is 10.7 Å². The maximum atomic E-state index is 12.4. The van der Waals surface area contributed by atoms with Crippen LogP contribution in [0.25, 0.3) is 11.3 Å². The maximum absolute atomic E-state index is 12.4. The van der Waals surface area contributed by atoms with Gasteiger partial charge in [0, 0.05) is 16.7 Å². The third-order valence-corrected chi connectivity index (χ3v) is 4.50. The van der Waals surface area contributed by atoms with E-state index in [-0.39, 0.29) is 11.6 Å². The van der Waals surface area contributed by atoms with Crippen molar-refractivity contribution >= 4 is 23.5 Å². The van der Waals surface area contributed by atoms with Gasteiger partial charge in [-0.1, -0.05) is 64.8 Å². The van der Waals surface area contributed by atoms with E-state index in [2.05, 4.69) is 20.6 Å². The van der Waals surface area contributed by atoms with Crippen molar-refractivity contribution in [3.8, 4) is 11.3 Å². The molecule has 2 heterocycles. The largest absolute Gasteiger partial charge is 0.355 e. The Morgan fingerprint density at radius 1 is 1.18 bits per heavy atom. The number of hydrogen-bond acceptors (Lipinski definition) is 5. The first-order chi connectivity index (χ1) is 13.6. The number of carbonyl (C=O) groups is 1. The molecule has 0 saturated carbocycles. The minimum absolute atomic E-state index is 0.151. The number of nitrogens with zero attached hydrogens (tertiary/aromatic N) is 4. The Hall–Kier alpha value is -3.45. The monoisotopic (exact) mass is 393 g/mol. The molecule has 0 spiro atoms. The Kier molecular flexibility index (Phi) is 4.90. The van der Waals surface area contributed by atoms with Crippen molar-refractivity contribution in [2.24, 2.45) is 0 Å². The molecular formula is C20H16ClN5O2. The zero-order valence-electron chi connectivity index (χ0n) is 15.0. The van der Waals surface area contributed by atoms with Crippen LogP contribution in [0.15, 0.2) is 65.4 Å². The summed E-state index contributed by atoms with van der Waals surface area (Å²) in [5.41, 5.74) is 3.04. The SMILES string of the molecule is Cc1ccc(-c2cc(C(=O)Nc3ncn(Cc4ccccc4Cl)n3)no2)cc1. The van der Waals surface area contributed by atoms with E-state index in [0.29, 0.717) is 17.3 Å². The lowest BCUT2D eigenvalue weighted by atomic mass is 10.1. The van der Waals surface area contributed by atoms with Gasteiger partial charge in [0.1, 0.15) is 6.33 Å². The zero-order chi connectivity index (χ0) is 19.5. The van der Waals surface area contributed by atoms with E-state index in [1.807, 2.05) is 55.5 Å². The van der Waals surface area contributed by atoms with Gasteiger partial charge in [-0.25, -0.2) is 9.67 Å². The Balaban J connectivity index is 1.44. The van der Waals surface area contributed by atoms with Gasteiger partial charge in [-0.15, -0.1) is 5.10 Å². The highest BCUT2D eigenvalue weighted by Gasteiger charge is 2.15. The lowest BCUT2D eigenvalue weighted by molar-refractivity contribution is 0.101. The standard InChI is InChI=1S/C20H16ClN5O2/c1-13-6-8-14(9-7-13)18-10-17(25-28-18)19(27)23-20-22-12-26(24-20)11-15-4-2-3-5-16(15)21/h2-10,12H,11H2,1H3,(H,23,24,27). The predicted molar refractivity (Wildman–Crippen MR) is 105 cm³/mol. The molecular weight excluding hydrogens is 378 g/mol. The Labute approximate surface area is 166 Å². The summed E-state index contributed by atoms with van der Waals surface area (Å²) in [6, 6.07) is 16.8. The number of amides is 1. The molecule has 0 fully saturated rings. The number of hydrogen-bond donors (Lipinski definition) is 1. The van der Waals surface area contributed by atoms with Crippen molar-refractivity contribution in [2.45, 2.75) is 13.5 Å². The molecule has 0 saturated heterocycles. The third-order valence-electron chi connectivity index (χ3n) is 4.13. The lowest BCUT2D eigenvalue weighted by Crippen LogP contribution is -2.13. The van der Waals surface area contributed by atoms with Gasteiger partial charge in [-0.2, -0.15) is 0 Å². The van der Waals surface area contributed by atoms with Gasteiger partial charge in [0.2, 0.25) is 5.95 Å². The molecule has 4 rings (SSSR count). The van der Waals surface area contributed by atoms with Gasteiger partial charge < -0.3 is 4.52 Å². The number of carbonyl (C=O) groups excluding carboxylic acids is 1. The minimum Gasteiger partial charge on any atom is -0.355 e. The van der Waals surface area contributed by atoms with Crippen molar-refractivity contribution in [1.82, 2.24) is 19.9 Å². The topological polar surface area (TPSA) is 85.8 Å². The highest BCUT2D eigenvalue weighted by atomic mass is 35.5. The van der Waals surface area contributed by atoms with Crippen LogP contribution in [0.5, 0.6) is 0 Å². The summed E-state index contributed by atoms with van der Waals surface area (Å²) in [4.78, 5) is 16.5. The molecule has 0 bridgehead atoms. The molecule has 1 amide bonds. The molecule has 0 unspecified atom stereocenters. The van der Waals surface area contributed by atoms with E-state index in [9.17, 15) is 4.79 Å². The minimum atomic E-state index is -0.447. The summed E-state index contributed by atoms with van der Waals surface area (Å²) in [5.74, 6) is 0.247. The van der Waals surface area contributed by atoms with Gasteiger partial charge in [-0.3, -0.25) is 10.1 Å². The van der Waals surface area contributed by atoms with Crippen LogP contribution in [0.4, 0.5) is 5.95 Å². The van der Waals surface area contributed by atoms with E-state index < -0.39 is 5.91 Å². The fourth-order valence-electron chi connectivity index (χ4n) is 2.63. The Morgan fingerprint density at radius 2 is 1.96 bits per heavy atom. The molecule has 4 aromatic rings. The second kappa shape index (κ2) is 7.66. The molecule has 2 aromatic heterocycles. The fourth-order valence-corrected chi connectivity index (χ4v) is 2.83. The van der Waals surface area contributed by atoms with Gasteiger partial charge in [0.05, 0.1) is 6.54 Å². The van der Waals surface area contributed by atoms with E-state index in [1.165, 1.54) is 6.33 Å². The molecule has 1 N–H and O–H groups in total. The van der Waals surface area contributed by atoms with Crippen LogP contribution < -0.4 is 5.32 Å². The van der Waals surface area contributed by atoms with Crippen LogP contribution in [-0.2, 0) is 6.54 Å². The number of aromatic nitrogens is 4. The Morgan fingerprint density at radius 3 is 2.75 bits per heavy atom. The van der Waals surface area contributed by atoms with E-state index >= 15 is 0 Å². The van der Waals surface area contributed by atoms with Crippen molar-refractivity contribution in [1.29, 1.82) is 0 Å². The molecule has 0 radical (unpaired) electrons. The number of aryl methyl sites for hydroxylation is 1. The normalized spacial score (nSPS) is 10.8. The fraction of sp³-hybridized carbons (Fsp3) is 0.100. The lowest BCUT2D eigenvalue weighted by Gasteiger charge is -2.03. The van der Waals surface area contributed by atoms with Crippen molar-refractivity contribution in [3.05, 3.63) is 82.8 Å². The zero-order valence-corrected chi connectivity index (χ0v) is 15.7. The number of anilines is 1. The number of benzene rings is 2. The molecule has 140 valence electrons. The van der Waals surface area contributed by atoms with Crippen LogP contribution in [0, 0.1) is 6.92 Å². The number of halogens is 1. The Bertz CT molecular complexity index is 1120. The molecule has 0 atom stereocenters. The summed E-state index contributed by atoms with van der Waals surface area (Å²) in [6.45, 7) is 2.45. The molecule has 8 heteroatoms. The van der Waals surface area contributed by atoms with Crippen molar-refractivity contribution in [2.75, 3.05) is 5.32 Å². The molecule has 2 aromatic carbocycles. The number of nitrogens with one attached hydrogen (secondary N) is 1. The van der Waals surface area contributed by atoms with Crippen LogP contribution >= 0.6 is 11.6 Å². The highest BCUT2D eigenvalue weighted by molar-refractivity contribution is 6.31. The van der Waals surface area contributed by atoms with Gasteiger partial charge >= 0.3 is 0 Å². The number of rotatable bonds is 5. The van der Waals surface area contributed by atoms with Gasteiger partial charge in [0.15, 0.2) is 11.5 Å². The second-order valence-electron chi connectivity index (χ2n) is 6.25. The quantitative estimate of drug-likeness (QED) is 0.549. The van der Waals surface area contributed by atoms with E-state index in [0.717, 1.165) is 16.7 Å². The van der Waals surface area contributed by atoms with Gasteiger partial charge in [-0.05, 0) is 18.6 Å². The summed E-state index contributed by atoms with van der Waals surface area (Å²) in [6.07, 6.45) is 1.53. The van der Waals surface area contributed by atoms with Crippen LogP contribution in [0.3, 0.4) is 0 Å². The highest BCUT2D eigenvalue weighted by Crippen LogP contribution is 2.21. The summed E-state index contributed by atoms with van der Waals surface area (Å²) in [5, 5.41) is 11.3. The van der Waals surface area contributed by atoms with Crippen LogP contribution in [-0.4, -0.2) is 25.8 Å². The summed E-state index contributed by atoms with van der Waals surface area (Å²) >= 11 is 6.16. The summed E-state index contributed by atoms with van der Waals surface area (Å²) < 4.78 is 6.87. The molecule has 7 nitrogen and oxygen atoms in total. The molecule has 0 aliphatic rings. The van der Waals surface area contributed by atoms with E-state index in [4.69, 9.17) is 16.1 Å². The third kappa shape index (κ3) is 3.94. The first-order valence-corrected chi connectivity index (χ1v) is 8.94. The maximum Gasteiger partial charge on any atom is 0.280 e. The first-order valence-electron chi connectivity index (χ1n) is 8.56. The molecule has 0 aliphatic heterocycles. The second-order valence-corrected chi connectivity index (χ2v) is 6.66. The smallest absolute Gasteiger partial charge is 0.280 e. The average Bonchev–Trinajstić information content (AvgIpc) is 3.34. The average molecular weight is 394 g/mol. The molecule has 0 aliphatic carbocycles. The first kappa shape index (κ1) is 17.9. The van der Waals surface area contributed by atoms with Crippen molar-refractivity contribution < 1.29 is 9.32 Å². The summed E-state index contributed by atoms with van der Waals surface area (Å²) in [7, 11) is 0. The van der Waals surface area contributed by atoms with Gasteiger partial charge in [0.25, 0.3) is 5.91 Å². The van der Waals surface area contributed by atoms with Crippen LogP contribution in [0.2, 0.25) is 5.02 Å². The molecule has 28 heavy (non-hydrogen) atoms. The van der Waals surface area contributed by atoms with Crippen molar-refractivity contribution in [3.63, 3.8) is 0 Å².